The molecule has 1 saturated heterocycles. The summed E-state index contributed by atoms with van der Waals surface area (Å²) in [7, 11) is -3.80. The van der Waals surface area contributed by atoms with Crippen LogP contribution < -0.4 is 10.0 Å². The van der Waals surface area contributed by atoms with E-state index in [1.54, 1.807) is 0 Å². The number of sulfonamides is 1. The lowest BCUT2D eigenvalue weighted by Crippen LogP contribution is -2.44. The maximum atomic E-state index is 13.9. The van der Waals surface area contributed by atoms with Gasteiger partial charge in [-0.2, -0.15) is 0 Å². The molecule has 1 aliphatic heterocycles. The SMILES string of the molecule is C[C@@H](C[C@H](NS(=O)(=O)C1CCC(F)(F)CC1)c1ccccc1)N1CCC(CC(=O)Nc2ccc(F)cc2F)CC1. The molecule has 220 valence electrons. The summed E-state index contributed by atoms with van der Waals surface area (Å²) in [4.78, 5) is 14.7. The number of alkyl halides is 2. The minimum Gasteiger partial charge on any atom is -0.324 e. The third-order valence-electron chi connectivity index (χ3n) is 8.14. The summed E-state index contributed by atoms with van der Waals surface area (Å²) in [6, 6.07) is 11.8. The van der Waals surface area contributed by atoms with Gasteiger partial charge in [0.15, 0.2) is 0 Å². The third-order valence-corrected chi connectivity index (χ3v) is 10.1. The molecule has 2 aliphatic rings. The molecule has 40 heavy (non-hydrogen) atoms. The molecule has 0 aromatic heterocycles. The number of nitrogens with zero attached hydrogens (tertiary/aromatic N) is 1. The van der Waals surface area contributed by atoms with Gasteiger partial charge in [0.1, 0.15) is 11.6 Å². The zero-order valence-corrected chi connectivity index (χ0v) is 23.4. The fourth-order valence-electron chi connectivity index (χ4n) is 5.70. The van der Waals surface area contributed by atoms with Crippen LogP contribution in [-0.2, 0) is 14.8 Å². The van der Waals surface area contributed by atoms with Crippen LogP contribution in [0.5, 0.6) is 0 Å². The Hall–Kier alpha value is -2.50. The predicted molar refractivity (Wildman–Crippen MR) is 146 cm³/mol. The molecule has 0 spiro atoms. The number of benzene rings is 2. The normalized spacial score (nSPS) is 20.6. The molecule has 0 bridgehead atoms. The van der Waals surface area contributed by atoms with Gasteiger partial charge >= 0.3 is 0 Å². The minimum atomic E-state index is -3.80. The first kappa shape index (κ1) is 30.5. The molecule has 1 amide bonds. The molecule has 4 rings (SSSR count). The first-order valence-electron chi connectivity index (χ1n) is 13.8. The van der Waals surface area contributed by atoms with Crippen LogP contribution in [0.4, 0.5) is 23.2 Å². The van der Waals surface area contributed by atoms with Crippen molar-refractivity contribution in [3.63, 3.8) is 0 Å². The summed E-state index contributed by atoms with van der Waals surface area (Å²) in [5.41, 5.74) is 0.771. The lowest BCUT2D eigenvalue weighted by atomic mass is 9.91. The van der Waals surface area contributed by atoms with E-state index in [0.717, 1.165) is 43.6 Å². The molecule has 2 fully saturated rings. The van der Waals surface area contributed by atoms with Crippen molar-refractivity contribution in [2.75, 3.05) is 18.4 Å². The van der Waals surface area contributed by atoms with Crippen LogP contribution in [-0.4, -0.2) is 49.5 Å². The van der Waals surface area contributed by atoms with E-state index in [4.69, 9.17) is 0 Å². The number of carbonyl (C=O) groups is 1. The number of anilines is 1. The van der Waals surface area contributed by atoms with Gasteiger partial charge in [-0.15, -0.1) is 0 Å². The van der Waals surface area contributed by atoms with Crippen LogP contribution in [0.25, 0.3) is 0 Å². The van der Waals surface area contributed by atoms with Crippen LogP contribution in [0.15, 0.2) is 48.5 Å². The quantitative estimate of drug-likeness (QED) is 0.335. The summed E-state index contributed by atoms with van der Waals surface area (Å²) < 4.78 is 83.5. The summed E-state index contributed by atoms with van der Waals surface area (Å²) in [6.07, 6.45) is 1.27. The van der Waals surface area contributed by atoms with E-state index in [0.29, 0.717) is 6.42 Å². The van der Waals surface area contributed by atoms with Crippen molar-refractivity contribution >= 4 is 21.6 Å². The van der Waals surface area contributed by atoms with Crippen molar-refractivity contribution in [2.24, 2.45) is 5.92 Å². The van der Waals surface area contributed by atoms with Gasteiger partial charge in [-0.3, -0.25) is 4.79 Å². The molecular weight excluding hydrogens is 546 g/mol. The van der Waals surface area contributed by atoms with Gasteiger partial charge in [0.25, 0.3) is 0 Å². The summed E-state index contributed by atoms with van der Waals surface area (Å²) in [5.74, 6) is -4.54. The van der Waals surface area contributed by atoms with Crippen molar-refractivity contribution in [1.29, 1.82) is 0 Å². The third kappa shape index (κ3) is 8.27. The Morgan fingerprint density at radius 3 is 2.30 bits per heavy atom. The maximum Gasteiger partial charge on any atom is 0.248 e. The van der Waals surface area contributed by atoms with Crippen molar-refractivity contribution in [3.05, 3.63) is 65.7 Å². The zero-order valence-electron chi connectivity index (χ0n) is 22.6. The molecule has 2 N–H and O–H groups in total. The van der Waals surface area contributed by atoms with E-state index in [1.807, 2.05) is 37.3 Å². The Bertz CT molecular complexity index is 1240. The first-order valence-corrected chi connectivity index (χ1v) is 15.4. The van der Waals surface area contributed by atoms with Crippen LogP contribution in [0.2, 0.25) is 0 Å². The Morgan fingerprint density at radius 2 is 1.68 bits per heavy atom. The molecule has 1 saturated carbocycles. The molecule has 2 atom stereocenters. The van der Waals surface area contributed by atoms with Crippen LogP contribution in [0.1, 0.15) is 69.9 Å². The average molecular weight is 584 g/mol. The van der Waals surface area contributed by atoms with E-state index in [1.165, 1.54) is 6.07 Å². The number of piperidine rings is 1. The number of nitrogens with one attached hydrogen (secondary N) is 2. The molecule has 2 aromatic carbocycles. The second-order valence-corrected chi connectivity index (χ2v) is 13.1. The van der Waals surface area contributed by atoms with Gasteiger partial charge in [0.2, 0.25) is 21.9 Å². The second kappa shape index (κ2) is 13.0. The van der Waals surface area contributed by atoms with E-state index >= 15 is 0 Å². The summed E-state index contributed by atoms with van der Waals surface area (Å²) >= 11 is 0. The van der Waals surface area contributed by atoms with Crippen molar-refractivity contribution < 1.29 is 30.8 Å². The fraction of sp³-hybridized carbons (Fsp3) is 0.552. The summed E-state index contributed by atoms with van der Waals surface area (Å²) in [6.45, 7) is 3.47. The topological polar surface area (TPSA) is 78.5 Å². The Kier molecular flexibility index (Phi) is 9.89. The Morgan fingerprint density at radius 1 is 1.02 bits per heavy atom. The predicted octanol–water partition coefficient (Wildman–Crippen LogP) is 6.02. The molecule has 6 nitrogen and oxygen atoms in total. The molecule has 0 radical (unpaired) electrons. The summed E-state index contributed by atoms with van der Waals surface area (Å²) in [5, 5.41) is 1.68. The lowest BCUT2D eigenvalue weighted by Gasteiger charge is -2.37. The fourth-order valence-corrected chi connectivity index (χ4v) is 7.38. The zero-order chi connectivity index (χ0) is 28.9. The van der Waals surface area contributed by atoms with Crippen LogP contribution in [0, 0.1) is 17.6 Å². The largest absolute Gasteiger partial charge is 0.324 e. The maximum absolute atomic E-state index is 13.9. The highest BCUT2D eigenvalue weighted by molar-refractivity contribution is 7.90. The first-order chi connectivity index (χ1) is 18.9. The second-order valence-electron chi connectivity index (χ2n) is 11.1. The number of halogens is 4. The van der Waals surface area contributed by atoms with E-state index in [-0.39, 0.29) is 42.8 Å². The smallest absolute Gasteiger partial charge is 0.248 e. The van der Waals surface area contributed by atoms with E-state index in [2.05, 4.69) is 14.9 Å². The highest BCUT2D eigenvalue weighted by Gasteiger charge is 2.40. The van der Waals surface area contributed by atoms with Gasteiger partial charge in [0, 0.05) is 37.4 Å². The number of likely N-dealkylation sites (tertiary alicyclic amines) is 1. The van der Waals surface area contributed by atoms with Crippen LogP contribution >= 0.6 is 0 Å². The average Bonchev–Trinajstić information content (AvgIpc) is 2.90. The number of hydrogen-bond acceptors (Lipinski definition) is 4. The molecule has 11 heteroatoms. The standard InChI is InChI=1S/C29H37F4N3O3S/c1-20(36-15-11-21(12-16-36)18-28(37)34-26-8-7-23(30)19-25(26)31)17-27(22-5-3-2-4-6-22)35-40(38,39)24-9-13-29(32,33)14-10-24/h2-8,19-21,24,27,35H,9-18H2,1H3,(H,34,37)/t20-,27-/m0/s1. The minimum absolute atomic E-state index is 0.0201. The van der Waals surface area contributed by atoms with E-state index in [9.17, 15) is 30.8 Å². The number of hydrogen-bond donors (Lipinski definition) is 2. The molecule has 1 aliphatic carbocycles. The van der Waals surface area contributed by atoms with Crippen molar-refractivity contribution in [1.82, 2.24) is 9.62 Å². The van der Waals surface area contributed by atoms with Gasteiger partial charge in [-0.25, -0.2) is 30.7 Å². The highest BCUT2D eigenvalue weighted by atomic mass is 32.2. The monoisotopic (exact) mass is 583 g/mol. The molecule has 0 unspecified atom stereocenters. The highest BCUT2D eigenvalue weighted by Crippen LogP contribution is 2.36. The lowest BCUT2D eigenvalue weighted by molar-refractivity contribution is -0.117. The van der Waals surface area contributed by atoms with Crippen LogP contribution in [0.3, 0.4) is 0 Å². The van der Waals surface area contributed by atoms with E-state index < -0.39 is 51.7 Å². The molecule has 2 aromatic rings. The van der Waals surface area contributed by atoms with Gasteiger partial charge < -0.3 is 10.2 Å². The van der Waals surface area contributed by atoms with Crippen molar-refractivity contribution in [3.8, 4) is 0 Å². The number of amides is 1. The Balaban J connectivity index is 1.32. The molecule has 1 heterocycles. The van der Waals surface area contributed by atoms with Gasteiger partial charge in [-0.1, -0.05) is 30.3 Å². The Labute approximate surface area is 233 Å². The van der Waals surface area contributed by atoms with Crippen molar-refractivity contribution in [2.45, 2.75) is 81.5 Å². The number of carbonyl (C=O) groups excluding carboxylic acids is 1. The number of rotatable bonds is 10. The van der Waals surface area contributed by atoms with Gasteiger partial charge in [-0.05, 0) is 75.7 Å². The molecular formula is C29H37F4N3O3S. The van der Waals surface area contributed by atoms with Gasteiger partial charge in [0.05, 0.1) is 10.9 Å².